The second-order valence-electron chi connectivity index (χ2n) is 9.09. The predicted molar refractivity (Wildman–Crippen MR) is 136 cm³/mol. The molecule has 3 aromatic rings. The molecule has 0 saturated carbocycles. The average Bonchev–Trinajstić information content (AvgIpc) is 2.82. The summed E-state index contributed by atoms with van der Waals surface area (Å²) in [5, 5.41) is 0.587. The summed E-state index contributed by atoms with van der Waals surface area (Å²) in [4.78, 5) is 33.9. The van der Waals surface area contributed by atoms with E-state index < -0.39 is 0 Å². The van der Waals surface area contributed by atoms with Crippen LogP contribution in [0.15, 0.2) is 53.3 Å². The maximum atomic E-state index is 13.7. The van der Waals surface area contributed by atoms with Crippen LogP contribution in [0.2, 0.25) is 0 Å². The molecule has 0 fully saturated rings. The molecular formula is C28H37N3O2. The Labute approximate surface area is 197 Å². The van der Waals surface area contributed by atoms with Gasteiger partial charge in [0.05, 0.1) is 22.6 Å². The molecule has 33 heavy (non-hydrogen) atoms. The Hall–Kier alpha value is -2.95. The number of nitrogens with zero attached hydrogens (tertiary/aromatic N) is 3. The lowest BCUT2D eigenvalue weighted by atomic mass is 10.1. The third-order valence-electron chi connectivity index (χ3n) is 6.20. The first-order chi connectivity index (χ1) is 15.9. The summed E-state index contributed by atoms with van der Waals surface area (Å²) >= 11 is 0. The predicted octanol–water partition coefficient (Wildman–Crippen LogP) is 6.07. The van der Waals surface area contributed by atoms with E-state index >= 15 is 0 Å². The third-order valence-corrected chi connectivity index (χ3v) is 6.20. The van der Waals surface area contributed by atoms with Gasteiger partial charge in [-0.05, 0) is 61.4 Å². The number of fused-ring (bicyclic) bond motifs is 1. The van der Waals surface area contributed by atoms with Crippen LogP contribution in [0.25, 0.3) is 16.6 Å². The van der Waals surface area contributed by atoms with Crippen molar-refractivity contribution in [2.24, 2.45) is 5.92 Å². The topological polar surface area (TPSA) is 55.2 Å². The molecule has 176 valence electrons. The highest BCUT2D eigenvalue weighted by molar-refractivity contribution is 5.79. The molecule has 2 aromatic carbocycles. The quantitative estimate of drug-likeness (QED) is 0.379. The van der Waals surface area contributed by atoms with Gasteiger partial charge in [-0.3, -0.25) is 14.2 Å². The zero-order valence-corrected chi connectivity index (χ0v) is 20.7. The first kappa shape index (κ1) is 24.7. The molecule has 5 nitrogen and oxygen atoms in total. The van der Waals surface area contributed by atoms with Crippen molar-refractivity contribution in [3.8, 4) is 5.69 Å². The van der Waals surface area contributed by atoms with Gasteiger partial charge in [0.15, 0.2) is 0 Å². The van der Waals surface area contributed by atoms with Crippen molar-refractivity contribution in [1.29, 1.82) is 0 Å². The third kappa shape index (κ3) is 5.52. The molecule has 1 aromatic heterocycles. The van der Waals surface area contributed by atoms with Crippen molar-refractivity contribution in [1.82, 2.24) is 14.5 Å². The van der Waals surface area contributed by atoms with E-state index in [0.29, 0.717) is 42.0 Å². The largest absolute Gasteiger partial charge is 0.332 e. The van der Waals surface area contributed by atoms with Gasteiger partial charge in [-0.2, -0.15) is 0 Å². The number of rotatable bonds is 10. The number of hydrogen-bond acceptors (Lipinski definition) is 3. The van der Waals surface area contributed by atoms with Crippen LogP contribution in [0, 0.1) is 5.92 Å². The van der Waals surface area contributed by atoms with Gasteiger partial charge in [-0.1, -0.05) is 58.9 Å². The fourth-order valence-corrected chi connectivity index (χ4v) is 4.26. The lowest BCUT2D eigenvalue weighted by Crippen LogP contribution is -2.39. The number of benzene rings is 2. The SMILES string of the molecule is CCCC(=O)N(CCC(C)C)C(CC)c1nc2ccccc2c(=O)n1-c1ccc(CC)cc1. The standard InChI is InChI=1S/C28H37N3O2/c1-6-11-26(32)30(19-18-20(4)5)25(8-3)27-29-24-13-10-9-12-23(24)28(33)31(27)22-16-14-21(7-2)15-17-22/h9-10,12-17,20,25H,6-8,11,18-19H2,1-5H3. The first-order valence-corrected chi connectivity index (χ1v) is 12.3. The van der Waals surface area contributed by atoms with Gasteiger partial charge in [0.1, 0.15) is 5.82 Å². The van der Waals surface area contributed by atoms with Crippen LogP contribution >= 0.6 is 0 Å². The Bertz CT molecular complexity index is 1130. The van der Waals surface area contributed by atoms with Gasteiger partial charge in [-0.25, -0.2) is 4.98 Å². The highest BCUT2D eigenvalue weighted by Gasteiger charge is 2.28. The minimum atomic E-state index is -0.272. The van der Waals surface area contributed by atoms with Crippen molar-refractivity contribution in [2.45, 2.75) is 72.8 Å². The van der Waals surface area contributed by atoms with E-state index in [0.717, 1.165) is 24.9 Å². The van der Waals surface area contributed by atoms with Crippen LogP contribution in [-0.2, 0) is 11.2 Å². The van der Waals surface area contributed by atoms with E-state index in [2.05, 4.69) is 39.8 Å². The fraction of sp³-hybridized carbons (Fsp3) is 0.464. The summed E-state index contributed by atoms with van der Waals surface area (Å²) in [6.45, 7) is 11.2. The fourth-order valence-electron chi connectivity index (χ4n) is 4.26. The lowest BCUT2D eigenvalue weighted by molar-refractivity contribution is -0.134. The Balaban J connectivity index is 2.24. The zero-order valence-electron chi connectivity index (χ0n) is 20.7. The lowest BCUT2D eigenvalue weighted by Gasteiger charge is -2.33. The van der Waals surface area contributed by atoms with Crippen molar-refractivity contribution in [3.63, 3.8) is 0 Å². The second kappa shape index (κ2) is 11.3. The van der Waals surface area contributed by atoms with Crippen LogP contribution in [0.1, 0.15) is 77.7 Å². The molecule has 1 unspecified atom stereocenters. The second-order valence-corrected chi connectivity index (χ2v) is 9.09. The van der Waals surface area contributed by atoms with Gasteiger partial charge in [0.25, 0.3) is 5.56 Å². The van der Waals surface area contributed by atoms with Crippen LogP contribution in [0.3, 0.4) is 0 Å². The van der Waals surface area contributed by atoms with Gasteiger partial charge >= 0.3 is 0 Å². The van der Waals surface area contributed by atoms with Crippen LogP contribution in [0.5, 0.6) is 0 Å². The zero-order chi connectivity index (χ0) is 24.0. The summed E-state index contributed by atoms with van der Waals surface area (Å²) in [5.41, 5.74) is 2.58. The Morgan fingerprint density at radius 1 is 1.03 bits per heavy atom. The van der Waals surface area contributed by atoms with Crippen molar-refractivity contribution >= 4 is 16.8 Å². The number of amides is 1. The van der Waals surface area contributed by atoms with E-state index in [1.807, 2.05) is 48.2 Å². The number of aryl methyl sites for hydroxylation is 1. The smallest absolute Gasteiger partial charge is 0.266 e. The minimum absolute atomic E-state index is 0.0925. The molecule has 0 aliphatic carbocycles. The number of carbonyl (C=O) groups is 1. The molecule has 0 aliphatic heterocycles. The van der Waals surface area contributed by atoms with E-state index in [9.17, 15) is 9.59 Å². The summed E-state index contributed by atoms with van der Waals surface area (Å²) in [6, 6.07) is 15.3. The average molecular weight is 448 g/mol. The maximum absolute atomic E-state index is 13.7. The number of para-hydroxylation sites is 1. The number of hydrogen-bond donors (Lipinski definition) is 0. The first-order valence-electron chi connectivity index (χ1n) is 12.3. The van der Waals surface area contributed by atoms with E-state index in [1.165, 1.54) is 5.56 Å². The Morgan fingerprint density at radius 3 is 2.33 bits per heavy atom. The molecule has 1 amide bonds. The molecule has 3 rings (SSSR count). The molecule has 0 aliphatic rings. The highest BCUT2D eigenvalue weighted by Crippen LogP contribution is 2.27. The van der Waals surface area contributed by atoms with Gasteiger partial charge in [0.2, 0.25) is 5.91 Å². The molecular weight excluding hydrogens is 410 g/mol. The number of carbonyl (C=O) groups excluding carboxylic acids is 1. The van der Waals surface area contributed by atoms with Crippen LogP contribution < -0.4 is 5.56 Å². The molecule has 0 saturated heterocycles. The van der Waals surface area contributed by atoms with Gasteiger partial charge in [-0.15, -0.1) is 0 Å². The summed E-state index contributed by atoms with van der Waals surface area (Å²) in [6.07, 6.45) is 3.83. The monoisotopic (exact) mass is 447 g/mol. The van der Waals surface area contributed by atoms with Gasteiger partial charge in [0, 0.05) is 13.0 Å². The molecule has 0 spiro atoms. The highest BCUT2D eigenvalue weighted by atomic mass is 16.2. The minimum Gasteiger partial charge on any atom is -0.332 e. The molecule has 1 heterocycles. The normalized spacial score (nSPS) is 12.3. The summed E-state index contributed by atoms with van der Waals surface area (Å²) < 4.78 is 1.72. The molecule has 5 heteroatoms. The molecule has 0 radical (unpaired) electrons. The number of aromatic nitrogens is 2. The molecule has 0 N–H and O–H groups in total. The molecule has 1 atom stereocenters. The Morgan fingerprint density at radius 2 is 1.73 bits per heavy atom. The van der Waals surface area contributed by atoms with E-state index in [4.69, 9.17) is 4.98 Å². The van der Waals surface area contributed by atoms with Gasteiger partial charge < -0.3 is 4.90 Å². The summed E-state index contributed by atoms with van der Waals surface area (Å²) in [5.74, 6) is 1.24. The van der Waals surface area contributed by atoms with Crippen molar-refractivity contribution < 1.29 is 4.79 Å². The Kier molecular flexibility index (Phi) is 8.43. The van der Waals surface area contributed by atoms with Crippen LogP contribution in [-0.4, -0.2) is 26.9 Å². The van der Waals surface area contributed by atoms with Crippen molar-refractivity contribution in [3.05, 3.63) is 70.3 Å². The molecule has 0 bridgehead atoms. The van der Waals surface area contributed by atoms with Crippen LogP contribution in [0.4, 0.5) is 0 Å². The van der Waals surface area contributed by atoms with E-state index in [1.54, 1.807) is 4.57 Å². The van der Waals surface area contributed by atoms with Crippen molar-refractivity contribution in [2.75, 3.05) is 6.54 Å². The van der Waals surface area contributed by atoms with E-state index in [-0.39, 0.29) is 17.5 Å². The maximum Gasteiger partial charge on any atom is 0.266 e. The summed E-state index contributed by atoms with van der Waals surface area (Å²) in [7, 11) is 0.